The average Bonchev–Trinajstić information content (AvgIpc) is 2.30. The third-order valence-electron chi connectivity index (χ3n) is 1.74. The number of carbonyl (C=O) groups excluding carboxylic acids is 2. The van der Waals surface area contributed by atoms with E-state index in [1.807, 2.05) is 0 Å². The minimum Gasteiger partial charge on any atom is -0.379 e. The van der Waals surface area contributed by atoms with Crippen molar-refractivity contribution >= 4 is 12.2 Å². The Bertz CT molecular complexity index is 198. The molecule has 0 radical (unpaired) electrons. The number of nitrogens with one attached hydrogen (secondary N) is 1. The number of carbonyl (C=O) groups is 2. The third kappa shape index (κ3) is 15.0. The lowest BCUT2D eigenvalue weighted by molar-refractivity contribution is -0.119. The molecule has 0 bridgehead atoms. The molecule has 6 heteroatoms. The van der Waals surface area contributed by atoms with Crippen LogP contribution in [0.4, 0.5) is 0 Å². The molecule has 0 aliphatic rings. The summed E-state index contributed by atoms with van der Waals surface area (Å²) in [5.41, 5.74) is 0. The van der Waals surface area contributed by atoms with Crippen LogP contribution in [-0.4, -0.2) is 58.4 Å². The summed E-state index contributed by atoms with van der Waals surface area (Å²) in [7, 11) is 0. The van der Waals surface area contributed by atoms with Crippen molar-refractivity contribution in [1.82, 2.24) is 5.32 Å². The molecule has 17 heavy (non-hydrogen) atoms. The van der Waals surface area contributed by atoms with Crippen LogP contribution in [0, 0.1) is 0 Å². The van der Waals surface area contributed by atoms with Gasteiger partial charge < -0.3 is 24.3 Å². The summed E-state index contributed by atoms with van der Waals surface area (Å²) in [5, 5.41) is 2.62. The number of rotatable bonds is 12. The summed E-state index contributed by atoms with van der Waals surface area (Å²) in [4.78, 5) is 20.5. The lowest BCUT2D eigenvalue weighted by atomic mass is 10.5. The smallest absolute Gasteiger partial charge is 0.216 e. The summed E-state index contributed by atoms with van der Waals surface area (Å²) in [6.07, 6.45) is 1.25. The Balaban J connectivity index is 2.94. The van der Waals surface area contributed by atoms with E-state index in [0.717, 1.165) is 6.29 Å². The molecule has 0 heterocycles. The first-order chi connectivity index (χ1) is 8.27. The molecule has 0 atom stereocenters. The second kappa shape index (κ2) is 13.1. The van der Waals surface area contributed by atoms with Gasteiger partial charge >= 0.3 is 0 Å². The average molecular weight is 247 g/mol. The highest BCUT2D eigenvalue weighted by Gasteiger charge is 1.92. The van der Waals surface area contributed by atoms with Gasteiger partial charge in [-0.3, -0.25) is 4.79 Å². The lowest BCUT2D eigenvalue weighted by Crippen LogP contribution is -2.25. The first-order valence-electron chi connectivity index (χ1n) is 5.68. The fraction of sp³-hybridized carbons (Fsp3) is 0.818. The standard InChI is InChI=1S/C11H21NO5/c1-11(14)12-3-6-16-8-10-17-9-7-15-5-2-4-13/h4H,2-3,5-10H2,1H3,(H,12,14). The zero-order valence-electron chi connectivity index (χ0n) is 10.3. The normalized spacial score (nSPS) is 10.2. The molecular formula is C11H21NO5. The molecule has 6 nitrogen and oxygen atoms in total. The Hall–Kier alpha value is -0.980. The van der Waals surface area contributed by atoms with Crippen LogP contribution in [0.3, 0.4) is 0 Å². The molecule has 0 saturated carbocycles. The Labute approximate surface area is 102 Å². The molecule has 0 saturated heterocycles. The molecule has 0 rings (SSSR count). The second-order valence-corrected chi connectivity index (χ2v) is 3.28. The zero-order chi connectivity index (χ0) is 12.8. The maximum absolute atomic E-state index is 10.5. The van der Waals surface area contributed by atoms with Gasteiger partial charge in [0, 0.05) is 19.9 Å². The highest BCUT2D eigenvalue weighted by Crippen LogP contribution is 1.82. The zero-order valence-corrected chi connectivity index (χ0v) is 10.3. The van der Waals surface area contributed by atoms with Crippen molar-refractivity contribution in [1.29, 1.82) is 0 Å². The predicted molar refractivity (Wildman–Crippen MR) is 61.8 cm³/mol. The Morgan fingerprint density at radius 3 is 2.06 bits per heavy atom. The minimum atomic E-state index is -0.0580. The minimum absolute atomic E-state index is 0.0580. The fourth-order valence-corrected chi connectivity index (χ4v) is 0.973. The first-order valence-corrected chi connectivity index (χ1v) is 5.68. The van der Waals surface area contributed by atoms with Gasteiger partial charge in [0.25, 0.3) is 0 Å². The number of hydrogen-bond acceptors (Lipinski definition) is 5. The van der Waals surface area contributed by atoms with Crippen LogP contribution in [0.1, 0.15) is 13.3 Å². The Kier molecular flexibility index (Phi) is 12.3. The molecular weight excluding hydrogens is 226 g/mol. The summed E-state index contributed by atoms with van der Waals surface area (Å²) in [6, 6.07) is 0. The summed E-state index contributed by atoms with van der Waals surface area (Å²) < 4.78 is 15.5. The van der Waals surface area contributed by atoms with E-state index in [2.05, 4.69) is 5.32 Å². The van der Waals surface area contributed by atoms with Crippen molar-refractivity contribution in [2.75, 3.05) is 46.2 Å². The predicted octanol–water partition coefficient (Wildman–Crippen LogP) is -0.239. The monoisotopic (exact) mass is 247 g/mol. The number of ether oxygens (including phenoxy) is 3. The van der Waals surface area contributed by atoms with Gasteiger partial charge in [0.1, 0.15) is 6.29 Å². The van der Waals surface area contributed by atoms with Crippen LogP contribution >= 0.6 is 0 Å². The van der Waals surface area contributed by atoms with E-state index in [-0.39, 0.29) is 5.91 Å². The largest absolute Gasteiger partial charge is 0.379 e. The van der Waals surface area contributed by atoms with E-state index in [0.29, 0.717) is 52.6 Å². The van der Waals surface area contributed by atoms with Crippen molar-refractivity contribution in [2.45, 2.75) is 13.3 Å². The van der Waals surface area contributed by atoms with E-state index in [9.17, 15) is 9.59 Å². The molecule has 100 valence electrons. The molecule has 0 unspecified atom stereocenters. The lowest BCUT2D eigenvalue weighted by Gasteiger charge is -2.06. The summed E-state index contributed by atoms with van der Waals surface area (Å²) >= 11 is 0. The van der Waals surface area contributed by atoms with Gasteiger partial charge in [-0.1, -0.05) is 0 Å². The number of amides is 1. The van der Waals surface area contributed by atoms with Gasteiger partial charge in [-0.05, 0) is 0 Å². The van der Waals surface area contributed by atoms with Crippen LogP contribution in [0.25, 0.3) is 0 Å². The van der Waals surface area contributed by atoms with Gasteiger partial charge in [0.2, 0.25) is 5.91 Å². The van der Waals surface area contributed by atoms with Crippen molar-refractivity contribution in [3.63, 3.8) is 0 Å². The van der Waals surface area contributed by atoms with Crippen LogP contribution in [0.5, 0.6) is 0 Å². The fourth-order valence-electron chi connectivity index (χ4n) is 0.973. The van der Waals surface area contributed by atoms with Crippen LogP contribution in [0.15, 0.2) is 0 Å². The van der Waals surface area contributed by atoms with Crippen molar-refractivity contribution in [3.8, 4) is 0 Å². The van der Waals surface area contributed by atoms with Crippen LogP contribution in [0.2, 0.25) is 0 Å². The van der Waals surface area contributed by atoms with Gasteiger partial charge in [0.05, 0.1) is 39.6 Å². The van der Waals surface area contributed by atoms with Gasteiger partial charge in [-0.2, -0.15) is 0 Å². The molecule has 0 aromatic carbocycles. The second-order valence-electron chi connectivity index (χ2n) is 3.28. The van der Waals surface area contributed by atoms with Gasteiger partial charge in [0.15, 0.2) is 0 Å². The van der Waals surface area contributed by atoms with Crippen LogP contribution < -0.4 is 5.32 Å². The Morgan fingerprint density at radius 1 is 1.00 bits per heavy atom. The van der Waals surface area contributed by atoms with E-state index in [1.165, 1.54) is 6.92 Å². The maximum atomic E-state index is 10.5. The Morgan fingerprint density at radius 2 is 1.53 bits per heavy atom. The molecule has 0 fully saturated rings. The summed E-state index contributed by atoms with van der Waals surface area (Å²) in [6.45, 7) is 4.88. The molecule has 0 aromatic rings. The maximum Gasteiger partial charge on any atom is 0.216 e. The van der Waals surface area contributed by atoms with Gasteiger partial charge in [-0.25, -0.2) is 0 Å². The molecule has 0 spiro atoms. The van der Waals surface area contributed by atoms with Crippen LogP contribution in [-0.2, 0) is 23.8 Å². The SMILES string of the molecule is CC(=O)NCCOCCOCCOCCC=O. The molecule has 0 aliphatic heterocycles. The highest BCUT2D eigenvalue weighted by atomic mass is 16.5. The van der Waals surface area contributed by atoms with Crippen molar-refractivity contribution < 1.29 is 23.8 Å². The molecule has 1 N–H and O–H groups in total. The van der Waals surface area contributed by atoms with Crippen molar-refractivity contribution in [3.05, 3.63) is 0 Å². The van der Waals surface area contributed by atoms with Crippen molar-refractivity contribution in [2.24, 2.45) is 0 Å². The van der Waals surface area contributed by atoms with E-state index in [4.69, 9.17) is 14.2 Å². The van der Waals surface area contributed by atoms with Gasteiger partial charge in [-0.15, -0.1) is 0 Å². The topological polar surface area (TPSA) is 73.9 Å². The van der Waals surface area contributed by atoms with E-state index in [1.54, 1.807) is 0 Å². The molecule has 1 amide bonds. The summed E-state index contributed by atoms with van der Waals surface area (Å²) in [5.74, 6) is -0.0580. The van der Waals surface area contributed by atoms with E-state index >= 15 is 0 Å². The molecule has 0 aliphatic carbocycles. The number of hydrogen-bond donors (Lipinski definition) is 1. The van der Waals surface area contributed by atoms with E-state index < -0.39 is 0 Å². The first kappa shape index (κ1) is 16.0. The highest BCUT2D eigenvalue weighted by molar-refractivity contribution is 5.72. The number of aldehydes is 1. The quantitative estimate of drug-likeness (QED) is 0.380. The molecule has 0 aromatic heterocycles. The third-order valence-corrected chi connectivity index (χ3v) is 1.74.